The molecule has 78 valence electrons. The molecule has 0 aliphatic heterocycles. The monoisotopic (exact) mass is 186 g/mol. The Kier molecular flexibility index (Phi) is 4.74. The van der Waals surface area contributed by atoms with Crippen LogP contribution in [0.1, 0.15) is 39.0 Å². The van der Waals surface area contributed by atoms with Gasteiger partial charge in [0.1, 0.15) is 0 Å². The minimum atomic E-state index is 0.333. The third kappa shape index (κ3) is 3.28. The summed E-state index contributed by atoms with van der Waals surface area (Å²) in [6.07, 6.45) is 5.66. The maximum atomic E-state index is 8.87. The van der Waals surface area contributed by atoms with E-state index in [2.05, 4.69) is 6.92 Å². The van der Waals surface area contributed by atoms with Crippen LogP contribution in [0.25, 0.3) is 0 Å². The minimum absolute atomic E-state index is 0.333. The van der Waals surface area contributed by atoms with Crippen LogP contribution in [0.4, 0.5) is 0 Å². The lowest BCUT2D eigenvalue weighted by molar-refractivity contribution is 0.134. The molecule has 3 atom stereocenters. The summed E-state index contributed by atoms with van der Waals surface area (Å²) in [4.78, 5) is 0. The Bertz CT molecular complexity index is 136. The Morgan fingerprint density at radius 3 is 2.31 bits per heavy atom. The van der Waals surface area contributed by atoms with Gasteiger partial charge in [0.05, 0.1) is 0 Å². The Morgan fingerprint density at radius 2 is 1.77 bits per heavy atom. The molecular weight excluding hydrogens is 164 g/mol. The van der Waals surface area contributed by atoms with Crippen LogP contribution in [0.15, 0.2) is 0 Å². The molecule has 1 aliphatic carbocycles. The summed E-state index contributed by atoms with van der Waals surface area (Å²) >= 11 is 0. The van der Waals surface area contributed by atoms with Crippen molar-refractivity contribution in [2.45, 2.75) is 39.0 Å². The number of aliphatic hydroxyl groups excluding tert-OH is 2. The van der Waals surface area contributed by atoms with Crippen LogP contribution in [-0.2, 0) is 0 Å². The van der Waals surface area contributed by atoms with Gasteiger partial charge in [-0.25, -0.2) is 0 Å². The zero-order chi connectivity index (χ0) is 9.68. The molecule has 0 aromatic heterocycles. The zero-order valence-electron chi connectivity index (χ0n) is 8.58. The topological polar surface area (TPSA) is 40.5 Å². The van der Waals surface area contributed by atoms with Crippen LogP contribution in [0.5, 0.6) is 0 Å². The quantitative estimate of drug-likeness (QED) is 0.703. The Labute approximate surface area is 81.0 Å². The highest BCUT2D eigenvalue weighted by Crippen LogP contribution is 2.36. The number of hydrogen-bond donors (Lipinski definition) is 2. The van der Waals surface area contributed by atoms with Crippen LogP contribution >= 0.6 is 0 Å². The van der Waals surface area contributed by atoms with E-state index >= 15 is 0 Å². The predicted octanol–water partition coefficient (Wildman–Crippen LogP) is 1.80. The van der Waals surface area contributed by atoms with Gasteiger partial charge in [-0.2, -0.15) is 0 Å². The third-order valence-corrected chi connectivity index (χ3v) is 3.49. The summed E-state index contributed by atoms with van der Waals surface area (Å²) in [6.45, 7) is 2.95. The fourth-order valence-corrected chi connectivity index (χ4v) is 2.61. The molecule has 2 heteroatoms. The fourth-order valence-electron chi connectivity index (χ4n) is 2.61. The second kappa shape index (κ2) is 5.61. The van der Waals surface area contributed by atoms with E-state index in [0.29, 0.717) is 13.2 Å². The molecule has 0 heterocycles. The van der Waals surface area contributed by atoms with Gasteiger partial charge < -0.3 is 10.2 Å². The molecule has 13 heavy (non-hydrogen) atoms. The van der Waals surface area contributed by atoms with E-state index in [-0.39, 0.29) is 0 Å². The van der Waals surface area contributed by atoms with Gasteiger partial charge in [-0.15, -0.1) is 0 Å². The van der Waals surface area contributed by atoms with Crippen LogP contribution < -0.4 is 0 Å². The first kappa shape index (κ1) is 11.0. The van der Waals surface area contributed by atoms with Crippen LogP contribution in [0, 0.1) is 17.8 Å². The molecule has 0 spiro atoms. The van der Waals surface area contributed by atoms with Crippen molar-refractivity contribution >= 4 is 0 Å². The molecule has 0 amide bonds. The van der Waals surface area contributed by atoms with Crippen molar-refractivity contribution in [1.29, 1.82) is 0 Å². The highest BCUT2D eigenvalue weighted by Gasteiger charge is 2.26. The van der Waals surface area contributed by atoms with Crippen LogP contribution in [-0.4, -0.2) is 23.4 Å². The maximum Gasteiger partial charge on any atom is 0.0433 e. The summed E-state index contributed by atoms with van der Waals surface area (Å²) in [6, 6.07) is 0. The van der Waals surface area contributed by atoms with Crippen molar-refractivity contribution in [3.8, 4) is 0 Å². The standard InChI is InChI=1S/C11H22O2/c1-9-8-10(4-6-12)2-3-11(9)5-7-13/h9-13H,2-8H2,1H3. The van der Waals surface area contributed by atoms with Crippen molar-refractivity contribution in [1.82, 2.24) is 0 Å². The minimum Gasteiger partial charge on any atom is -0.396 e. The summed E-state index contributed by atoms with van der Waals surface area (Å²) in [7, 11) is 0. The molecule has 1 aliphatic rings. The molecule has 3 unspecified atom stereocenters. The zero-order valence-corrected chi connectivity index (χ0v) is 8.58. The largest absolute Gasteiger partial charge is 0.396 e. The van der Waals surface area contributed by atoms with Gasteiger partial charge in [0, 0.05) is 13.2 Å². The second-order valence-corrected chi connectivity index (χ2v) is 4.44. The van der Waals surface area contributed by atoms with Crippen molar-refractivity contribution in [2.24, 2.45) is 17.8 Å². The smallest absolute Gasteiger partial charge is 0.0433 e. The highest BCUT2D eigenvalue weighted by molar-refractivity contribution is 4.77. The average Bonchev–Trinajstić information content (AvgIpc) is 2.10. The summed E-state index contributed by atoms with van der Waals surface area (Å²) in [5.74, 6) is 2.19. The van der Waals surface area contributed by atoms with Crippen molar-refractivity contribution in [3.63, 3.8) is 0 Å². The average molecular weight is 186 g/mol. The van der Waals surface area contributed by atoms with E-state index in [4.69, 9.17) is 10.2 Å². The van der Waals surface area contributed by atoms with Crippen LogP contribution in [0.2, 0.25) is 0 Å². The molecule has 1 saturated carbocycles. The van der Waals surface area contributed by atoms with Gasteiger partial charge in [0.15, 0.2) is 0 Å². The second-order valence-electron chi connectivity index (χ2n) is 4.44. The van der Waals surface area contributed by atoms with Gasteiger partial charge in [0.2, 0.25) is 0 Å². The van der Waals surface area contributed by atoms with E-state index in [1.807, 2.05) is 0 Å². The highest BCUT2D eigenvalue weighted by atomic mass is 16.3. The van der Waals surface area contributed by atoms with Gasteiger partial charge in [-0.05, 0) is 43.4 Å². The molecular formula is C11H22O2. The van der Waals surface area contributed by atoms with E-state index in [9.17, 15) is 0 Å². The van der Waals surface area contributed by atoms with Crippen molar-refractivity contribution in [3.05, 3.63) is 0 Å². The number of hydrogen-bond acceptors (Lipinski definition) is 2. The SMILES string of the molecule is CC1CC(CCO)CCC1CCO. The molecule has 1 fully saturated rings. The maximum absolute atomic E-state index is 8.87. The van der Waals surface area contributed by atoms with Crippen LogP contribution in [0.3, 0.4) is 0 Å². The Balaban J connectivity index is 2.28. The summed E-state index contributed by atoms with van der Waals surface area (Å²) < 4.78 is 0. The predicted molar refractivity (Wildman–Crippen MR) is 53.4 cm³/mol. The molecule has 2 N–H and O–H groups in total. The van der Waals surface area contributed by atoms with Gasteiger partial charge >= 0.3 is 0 Å². The number of rotatable bonds is 4. The molecule has 0 bridgehead atoms. The van der Waals surface area contributed by atoms with Crippen molar-refractivity contribution in [2.75, 3.05) is 13.2 Å². The molecule has 0 radical (unpaired) electrons. The van der Waals surface area contributed by atoms with E-state index in [0.717, 1.165) is 30.6 Å². The first-order chi connectivity index (χ1) is 6.27. The van der Waals surface area contributed by atoms with E-state index in [1.165, 1.54) is 19.3 Å². The molecule has 2 nitrogen and oxygen atoms in total. The lowest BCUT2D eigenvalue weighted by Gasteiger charge is -2.33. The third-order valence-electron chi connectivity index (χ3n) is 3.49. The molecule has 1 rings (SSSR count). The lowest BCUT2D eigenvalue weighted by atomic mass is 9.73. The van der Waals surface area contributed by atoms with Gasteiger partial charge in [-0.1, -0.05) is 13.3 Å². The molecule has 0 saturated heterocycles. The lowest BCUT2D eigenvalue weighted by Crippen LogP contribution is -2.24. The molecule has 0 aromatic carbocycles. The first-order valence-corrected chi connectivity index (χ1v) is 5.49. The molecule has 0 aromatic rings. The summed E-state index contributed by atoms with van der Waals surface area (Å²) in [5.41, 5.74) is 0. The van der Waals surface area contributed by atoms with E-state index in [1.54, 1.807) is 0 Å². The van der Waals surface area contributed by atoms with Gasteiger partial charge in [0.25, 0.3) is 0 Å². The first-order valence-electron chi connectivity index (χ1n) is 5.49. The Morgan fingerprint density at radius 1 is 1.08 bits per heavy atom. The van der Waals surface area contributed by atoms with E-state index < -0.39 is 0 Å². The fraction of sp³-hybridized carbons (Fsp3) is 1.00. The number of aliphatic hydroxyl groups is 2. The Hall–Kier alpha value is -0.0800. The normalized spacial score (nSPS) is 34.8. The summed E-state index contributed by atoms with van der Waals surface area (Å²) in [5, 5.41) is 17.7. The van der Waals surface area contributed by atoms with Crippen molar-refractivity contribution < 1.29 is 10.2 Å². The van der Waals surface area contributed by atoms with Gasteiger partial charge in [-0.3, -0.25) is 0 Å².